The van der Waals surface area contributed by atoms with Gasteiger partial charge in [0.15, 0.2) is 0 Å². The van der Waals surface area contributed by atoms with E-state index in [2.05, 4.69) is 22.6 Å². The van der Waals surface area contributed by atoms with Crippen LogP contribution in [0.3, 0.4) is 0 Å². The lowest BCUT2D eigenvalue weighted by Crippen LogP contribution is -2.26. The van der Waals surface area contributed by atoms with Gasteiger partial charge in [-0.3, -0.25) is 0 Å². The van der Waals surface area contributed by atoms with E-state index >= 15 is 0 Å². The van der Waals surface area contributed by atoms with Gasteiger partial charge in [0.2, 0.25) is 0 Å². The second-order valence-corrected chi connectivity index (χ2v) is 7.43. The molecule has 0 heterocycles. The van der Waals surface area contributed by atoms with Crippen molar-refractivity contribution in [3.05, 3.63) is 39.3 Å². The lowest BCUT2D eigenvalue weighted by atomic mass is 9.89. The van der Waals surface area contributed by atoms with Gasteiger partial charge in [-0.1, -0.05) is 39.0 Å². The predicted molar refractivity (Wildman–Crippen MR) is 80.4 cm³/mol. The average molecular weight is 364 g/mol. The summed E-state index contributed by atoms with van der Waals surface area (Å²) in [7, 11) is -1.20. The van der Waals surface area contributed by atoms with Gasteiger partial charge in [0.25, 0.3) is 0 Å². The summed E-state index contributed by atoms with van der Waals surface area (Å²) in [6.07, 6.45) is -0.587. The number of benzene rings is 1. The molecule has 0 spiro atoms. The minimum atomic E-state index is -1.20. The summed E-state index contributed by atoms with van der Waals surface area (Å²) in [5.74, 6) is 0. The molecule has 4 heteroatoms. The van der Waals surface area contributed by atoms with Crippen LogP contribution >= 0.6 is 22.6 Å². The van der Waals surface area contributed by atoms with Gasteiger partial charge in [0, 0.05) is 13.9 Å². The SMILES string of the molecule is CC(C)(C)[C@H](O)/C(I)=C\S(=O)c1ccccc1. The molecule has 94 valence electrons. The van der Waals surface area contributed by atoms with Crippen LogP contribution in [0.4, 0.5) is 0 Å². The molecule has 1 rings (SSSR count). The second kappa shape index (κ2) is 6.11. The molecular weight excluding hydrogens is 347 g/mol. The summed E-state index contributed by atoms with van der Waals surface area (Å²) >= 11 is 2.05. The number of hydrogen-bond donors (Lipinski definition) is 1. The molecule has 0 saturated carbocycles. The van der Waals surface area contributed by atoms with Gasteiger partial charge in [-0.15, -0.1) is 0 Å². The van der Waals surface area contributed by atoms with Crippen molar-refractivity contribution in [2.24, 2.45) is 5.41 Å². The van der Waals surface area contributed by atoms with Crippen molar-refractivity contribution in [1.29, 1.82) is 0 Å². The highest BCUT2D eigenvalue weighted by Crippen LogP contribution is 2.29. The molecule has 0 amide bonds. The zero-order valence-corrected chi connectivity index (χ0v) is 13.2. The summed E-state index contributed by atoms with van der Waals surface area (Å²) in [6, 6.07) is 9.24. The van der Waals surface area contributed by atoms with Crippen LogP contribution in [0.2, 0.25) is 0 Å². The Balaban J connectivity index is 2.87. The number of aliphatic hydroxyl groups excluding tert-OH is 1. The Morgan fingerprint density at radius 3 is 2.35 bits per heavy atom. The molecule has 0 aliphatic rings. The first-order chi connectivity index (χ1) is 7.82. The van der Waals surface area contributed by atoms with E-state index in [9.17, 15) is 9.32 Å². The van der Waals surface area contributed by atoms with Crippen molar-refractivity contribution in [3.8, 4) is 0 Å². The van der Waals surface area contributed by atoms with E-state index in [4.69, 9.17) is 0 Å². The van der Waals surface area contributed by atoms with E-state index in [1.807, 2.05) is 51.1 Å². The monoisotopic (exact) mass is 364 g/mol. The maximum absolute atomic E-state index is 12.0. The highest BCUT2D eigenvalue weighted by molar-refractivity contribution is 14.1. The molecule has 0 radical (unpaired) electrons. The molecule has 0 fully saturated rings. The van der Waals surface area contributed by atoms with Crippen LogP contribution in [0.25, 0.3) is 0 Å². The lowest BCUT2D eigenvalue weighted by Gasteiger charge is -2.25. The first-order valence-electron chi connectivity index (χ1n) is 5.33. The zero-order chi connectivity index (χ0) is 13.1. The molecule has 0 aromatic heterocycles. The highest BCUT2D eigenvalue weighted by Gasteiger charge is 2.24. The topological polar surface area (TPSA) is 37.3 Å². The molecule has 0 saturated heterocycles. The second-order valence-electron chi connectivity index (χ2n) is 4.88. The number of hydrogen-bond acceptors (Lipinski definition) is 2. The smallest absolute Gasteiger partial charge is 0.0900 e. The predicted octanol–water partition coefficient (Wildman–Crippen LogP) is 3.48. The Labute approximate surface area is 119 Å². The first-order valence-corrected chi connectivity index (χ1v) is 7.62. The maximum Gasteiger partial charge on any atom is 0.0900 e. The molecule has 2 nitrogen and oxygen atoms in total. The van der Waals surface area contributed by atoms with Crippen LogP contribution in [0, 0.1) is 5.41 Å². The van der Waals surface area contributed by atoms with Gasteiger partial charge in [0.05, 0.1) is 16.9 Å². The maximum atomic E-state index is 12.0. The Morgan fingerprint density at radius 2 is 1.88 bits per heavy atom. The van der Waals surface area contributed by atoms with Crippen LogP contribution < -0.4 is 0 Å². The summed E-state index contributed by atoms with van der Waals surface area (Å²) in [6.45, 7) is 5.86. The van der Waals surface area contributed by atoms with Gasteiger partial charge in [-0.25, -0.2) is 4.21 Å². The molecule has 1 N–H and O–H groups in total. The van der Waals surface area contributed by atoms with E-state index in [0.29, 0.717) is 0 Å². The Morgan fingerprint density at radius 1 is 1.35 bits per heavy atom. The quantitative estimate of drug-likeness (QED) is 0.834. The molecule has 17 heavy (non-hydrogen) atoms. The molecular formula is C13H17IO2S. The van der Waals surface area contributed by atoms with Crippen LogP contribution in [-0.2, 0) is 10.8 Å². The minimum absolute atomic E-state index is 0.242. The van der Waals surface area contributed by atoms with Crippen molar-refractivity contribution in [1.82, 2.24) is 0 Å². The van der Waals surface area contributed by atoms with Crippen molar-refractivity contribution in [2.45, 2.75) is 31.8 Å². The van der Waals surface area contributed by atoms with E-state index in [-0.39, 0.29) is 5.41 Å². The van der Waals surface area contributed by atoms with Crippen molar-refractivity contribution < 1.29 is 9.32 Å². The van der Waals surface area contributed by atoms with Crippen LogP contribution in [0.1, 0.15) is 20.8 Å². The van der Waals surface area contributed by atoms with Crippen molar-refractivity contribution in [3.63, 3.8) is 0 Å². The third kappa shape index (κ3) is 4.52. The fraction of sp³-hybridized carbons (Fsp3) is 0.385. The van der Waals surface area contributed by atoms with E-state index < -0.39 is 16.9 Å². The summed E-state index contributed by atoms with van der Waals surface area (Å²) in [5, 5.41) is 11.7. The number of aliphatic hydroxyl groups is 1. The van der Waals surface area contributed by atoms with E-state index in [1.54, 1.807) is 5.41 Å². The van der Waals surface area contributed by atoms with E-state index in [0.717, 1.165) is 8.48 Å². The minimum Gasteiger partial charge on any atom is -0.387 e. The molecule has 0 aliphatic carbocycles. The molecule has 0 aliphatic heterocycles. The molecule has 1 aromatic rings. The third-order valence-corrected chi connectivity index (χ3v) is 4.81. The van der Waals surface area contributed by atoms with E-state index in [1.165, 1.54) is 0 Å². The average Bonchev–Trinajstić information content (AvgIpc) is 2.27. The highest BCUT2D eigenvalue weighted by atomic mass is 127. The number of halogens is 1. The first kappa shape index (κ1) is 14.9. The number of rotatable bonds is 3. The molecule has 1 unspecified atom stereocenters. The van der Waals surface area contributed by atoms with Crippen LogP contribution in [-0.4, -0.2) is 15.4 Å². The standard InChI is InChI=1S/C13H17IO2S/c1-13(2,3)12(15)11(14)9-17(16)10-7-5-4-6-8-10/h4-9,12,15H,1-3H3/b11-9+/t12-,17?/m1/s1. The van der Waals surface area contributed by atoms with Gasteiger partial charge in [-0.2, -0.15) is 0 Å². The Hall–Kier alpha value is -0.200. The largest absolute Gasteiger partial charge is 0.387 e. The molecule has 1 aromatic carbocycles. The van der Waals surface area contributed by atoms with Gasteiger partial charge in [0.1, 0.15) is 0 Å². The van der Waals surface area contributed by atoms with Gasteiger partial charge in [-0.05, 0) is 40.1 Å². The van der Waals surface area contributed by atoms with Crippen LogP contribution in [0.5, 0.6) is 0 Å². The lowest BCUT2D eigenvalue weighted by molar-refractivity contribution is 0.104. The zero-order valence-electron chi connectivity index (χ0n) is 10.2. The van der Waals surface area contributed by atoms with Crippen LogP contribution in [0.15, 0.2) is 44.2 Å². The molecule has 2 atom stereocenters. The Kier molecular flexibility index (Phi) is 5.34. The summed E-state index contributed by atoms with van der Waals surface area (Å²) in [4.78, 5) is 0.753. The fourth-order valence-corrected chi connectivity index (χ4v) is 3.72. The molecule has 0 bridgehead atoms. The normalized spacial score (nSPS) is 16.6. The van der Waals surface area contributed by atoms with Gasteiger partial charge >= 0.3 is 0 Å². The van der Waals surface area contributed by atoms with Crippen molar-refractivity contribution >= 4 is 33.4 Å². The summed E-state index contributed by atoms with van der Waals surface area (Å²) in [5.41, 5.74) is -0.242. The summed E-state index contributed by atoms with van der Waals surface area (Å²) < 4.78 is 12.7. The fourth-order valence-electron chi connectivity index (χ4n) is 1.20. The Bertz CT molecular complexity index is 421. The van der Waals surface area contributed by atoms with Crippen molar-refractivity contribution in [2.75, 3.05) is 0 Å². The third-order valence-electron chi connectivity index (χ3n) is 2.28. The van der Waals surface area contributed by atoms with Gasteiger partial charge < -0.3 is 5.11 Å².